The van der Waals surface area contributed by atoms with Crippen molar-refractivity contribution in [3.05, 3.63) is 35.2 Å². The van der Waals surface area contributed by atoms with Crippen LogP contribution in [0.2, 0.25) is 5.02 Å². The number of hydrogen-bond donors (Lipinski definition) is 0. The monoisotopic (exact) mass is 337 g/mol. The quantitative estimate of drug-likeness (QED) is 0.806. The van der Waals surface area contributed by atoms with Gasteiger partial charge in [0.05, 0.1) is 10.7 Å². The van der Waals surface area contributed by atoms with E-state index in [2.05, 4.69) is 4.98 Å². The van der Waals surface area contributed by atoms with E-state index in [1.54, 1.807) is 56.6 Å². The lowest BCUT2D eigenvalue weighted by Gasteiger charge is -2.34. The van der Waals surface area contributed by atoms with Gasteiger partial charge < -0.3 is 13.9 Å². The van der Waals surface area contributed by atoms with Crippen LogP contribution < -0.4 is 0 Å². The van der Waals surface area contributed by atoms with Gasteiger partial charge in [0.1, 0.15) is 16.8 Å². The van der Waals surface area contributed by atoms with Gasteiger partial charge in [0.15, 0.2) is 6.29 Å². The van der Waals surface area contributed by atoms with E-state index in [1.807, 2.05) is 0 Å². The van der Waals surface area contributed by atoms with Gasteiger partial charge in [-0.15, -0.1) is 0 Å². The Kier molecular flexibility index (Phi) is 4.39. The van der Waals surface area contributed by atoms with E-state index in [9.17, 15) is 9.59 Å². The zero-order valence-corrected chi connectivity index (χ0v) is 14.6. The lowest BCUT2D eigenvalue weighted by atomic mass is 9.99. The predicted molar refractivity (Wildman–Crippen MR) is 87.6 cm³/mol. The highest BCUT2D eigenvalue weighted by molar-refractivity contribution is 6.30. The highest BCUT2D eigenvalue weighted by Crippen LogP contribution is 2.27. The Morgan fingerprint density at radius 2 is 1.96 bits per heavy atom. The summed E-state index contributed by atoms with van der Waals surface area (Å²) in [5.41, 5.74) is -0.833. The number of hydrogen-bond acceptors (Lipinski definition) is 4. The minimum Gasteiger partial charge on any atom is -0.444 e. The molecular formula is C16H20ClN3O3. The van der Waals surface area contributed by atoms with Crippen LogP contribution in [-0.2, 0) is 15.1 Å². The lowest BCUT2D eigenvalue weighted by Crippen LogP contribution is -2.48. The van der Waals surface area contributed by atoms with Crippen molar-refractivity contribution in [3.8, 4) is 0 Å². The normalized spacial score (nSPS) is 14.3. The van der Waals surface area contributed by atoms with Crippen molar-refractivity contribution in [3.63, 3.8) is 0 Å². The van der Waals surface area contributed by atoms with E-state index in [1.165, 1.54) is 11.9 Å². The molecule has 6 nitrogen and oxygen atoms in total. The second kappa shape index (κ2) is 5.85. The number of amides is 1. The second-order valence-corrected chi connectivity index (χ2v) is 6.98. The zero-order valence-electron chi connectivity index (χ0n) is 13.8. The fourth-order valence-electron chi connectivity index (χ4n) is 2.04. The maximum absolute atomic E-state index is 12.3. The molecule has 0 aliphatic rings. The number of ether oxygens (including phenoxy) is 1. The highest BCUT2D eigenvalue weighted by Gasteiger charge is 2.38. The number of nitrogens with zero attached hydrogens (tertiary/aromatic N) is 3. The van der Waals surface area contributed by atoms with E-state index < -0.39 is 17.2 Å². The largest absolute Gasteiger partial charge is 0.444 e. The van der Waals surface area contributed by atoms with Gasteiger partial charge >= 0.3 is 6.09 Å². The van der Waals surface area contributed by atoms with Gasteiger partial charge in [0, 0.05) is 19.4 Å². The molecule has 0 saturated heterocycles. The first-order chi connectivity index (χ1) is 10.6. The van der Waals surface area contributed by atoms with Crippen LogP contribution in [0.3, 0.4) is 0 Å². The molecule has 0 spiro atoms. The maximum atomic E-state index is 12.3. The van der Waals surface area contributed by atoms with Crippen LogP contribution in [0.4, 0.5) is 4.79 Å². The Bertz CT molecular complexity index is 751. The van der Waals surface area contributed by atoms with Gasteiger partial charge in [0.2, 0.25) is 0 Å². The van der Waals surface area contributed by atoms with Gasteiger partial charge in [-0.3, -0.25) is 4.90 Å². The topological polar surface area (TPSA) is 63.9 Å². The minimum atomic E-state index is -1.25. The fourth-order valence-corrected chi connectivity index (χ4v) is 2.21. The molecule has 2 aromatic heterocycles. The molecule has 2 rings (SSSR count). The molecule has 0 N–H and O–H groups in total. The summed E-state index contributed by atoms with van der Waals surface area (Å²) in [4.78, 5) is 29.7. The molecule has 2 heterocycles. The summed E-state index contributed by atoms with van der Waals surface area (Å²) in [6.45, 7) is 6.92. The first kappa shape index (κ1) is 17.3. The average Bonchev–Trinajstić information content (AvgIpc) is 2.87. The molecule has 1 amide bonds. The van der Waals surface area contributed by atoms with E-state index in [0.29, 0.717) is 22.6 Å². The summed E-state index contributed by atoms with van der Waals surface area (Å²) < 4.78 is 7.05. The fraction of sp³-hybridized carbons (Fsp3) is 0.438. The van der Waals surface area contributed by atoms with Gasteiger partial charge in [0.25, 0.3) is 0 Å². The van der Waals surface area contributed by atoms with Crippen LogP contribution in [0, 0.1) is 0 Å². The minimum absolute atomic E-state index is 0.433. The molecule has 124 valence electrons. The third-order valence-electron chi connectivity index (χ3n) is 3.53. The molecule has 0 radical (unpaired) electrons. The molecule has 1 unspecified atom stereocenters. The molecule has 7 heteroatoms. The van der Waals surface area contributed by atoms with E-state index >= 15 is 0 Å². The number of halogens is 1. The molecule has 0 fully saturated rings. The SMILES string of the molecule is CN(C(=O)OC(C)(C)C)C(C)(C=O)c1cn2cc(Cl)ccc2n1. The molecule has 0 aliphatic heterocycles. The first-order valence-electron chi connectivity index (χ1n) is 7.15. The number of rotatable bonds is 3. The molecule has 0 aromatic carbocycles. The summed E-state index contributed by atoms with van der Waals surface area (Å²) in [5.74, 6) is 0. The Hall–Kier alpha value is -2.08. The molecule has 0 saturated carbocycles. The smallest absolute Gasteiger partial charge is 0.411 e. The predicted octanol–water partition coefficient (Wildman–Crippen LogP) is 3.27. The summed E-state index contributed by atoms with van der Waals surface area (Å²) in [5, 5.41) is 0.551. The molecule has 23 heavy (non-hydrogen) atoms. The zero-order chi connectivity index (χ0) is 17.4. The van der Waals surface area contributed by atoms with Crippen LogP contribution in [-0.4, -0.2) is 39.3 Å². The van der Waals surface area contributed by atoms with Crippen molar-refractivity contribution in [2.45, 2.75) is 38.8 Å². The van der Waals surface area contributed by atoms with Crippen molar-refractivity contribution in [1.29, 1.82) is 0 Å². The number of fused-ring (bicyclic) bond motifs is 1. The van der Waals surface area contributed by atoms with Gasteiger partial charge in [-0.2, -0.15) is 0 Å². The summed E-state index contributed by atoms with van der Waals surface area (Å²) >= 11 is 5.96. The third kappa shape index (κ3) is 3.47. The summed E-state index contributed by atoms with van der Waals surface area (Å²) in [7, 11) is 1.51. The second-order valence-electron chi connectivity index (χ2n) is 6.54. The number of pyridine rings is 1. The van der Waals surface area contributed by atoms with E-state index in [4.69, 9.17) is 16.3 Å². The number of aldehydes is 1. The van der Waals surface area contributed by atoms with E-state index in [-0.39, 0.29) is 0 Å². The Morgan fingerprint density at radius 3 is 2.52 bits per heavy atom. The van der Waals surface area contributed by atoms with Gasteiger partial charge in [-0.1, -0.05) is 11.6 Å². The Balaban J connectivity index is 2.41. The average molecular weight is 338 g/mol. The first-order valence-corrected chi connectivity index (χ1v) is 7.52. The highest BCUT2D eigenvalue weighted by atomic mass is 35.5. The van der Waals surface area contributed by atoms with Crippen molar-refractivity contribution < 1.29 is 14.3 Å². The van der Waals surface area contributed by atoms with Gasteiger partial charge in [-0.05, 0) is 39.8 Å². The van der Waals surface area contributed by atoms with Gasteiger partial charge in [-0.25, -0.2) is 9.78 Å². The summed E-state index contributed by atoms with van der Waals surface area (Å²) in [6.07, 6.45) is 3.45. The maximum Gasteiger partial charge on any atom is 0.411 e. The summed E-state index contributed by atoms with van der Waals surface area (Å²) in [6, 6.07) is 3.45. The number of aromatic nitrogens is 2. The van der Waals surface area contributed by atoms with Crippen LogP contribution in [0.5, 0.6) is 0 Å². The van der Waals surface area contributed by atoms with Crippen LogP contribution in [0.25, 0.3) is 5.65 Å². The molecule has 0 aliphatic carbocycles. The number of likely N-dealkylation sites (N-methyl/N-ethyl adjacent to an activating group) is 1. The Labute approximate surface area is 140 Å². The number of carbonyl (C=O) groups is 2. The van der Waals surface area contributed by atoms with Crippen LogP contribution >= 0.6 is 11.6 Å². The Morgan fingerprint density at radius 1 is 1.30 bits per heavy atom. The molecule has 2 aromatic rings. The number of imidazole rings is 1. The molecule has 1 atom stereocenters. The van der Waals surface area contributed by atoms with E-state index in [0.717, 1.165) is 0 Å². The van der Waals surface area contributed by atoms with Crippen LogP contribution in [0.1, 0.15) is 33.4 Å². The third-order valence-corrected chi connectivity index (χ3v) is 3.75. The molecular weight excluding hydrogens is 318 g/mol. The van der Waals surface area contributed by atoms with Crippen molar-refractivity contribution >= 4 is 29.6 Å². The standard InChI is InChI=1S/C16H20ClN3O3/c1-15(2,3)23-14(22)19(5)16(4,10-21)12-9-20-8-11(17)6-7-13(20)18-12/h6-10H,1-5H3. The van der Waals surface area contributed by atoms with Crippen LogP contribution in [0.15, 0.2) is 24.5 Å². The van der Waals surface area contributed by atoms with Crippen molar-refractivity contribution in [1.82, 2.24) is 14.3 Å². The molecule has 0 bridgehead atoms. The number of carbonyl (C=O) groups excluding carboxylic acids is 2. The lowest BCUT2D eigenvalue weighted by molar-refractivity contribution is -0.117. The van der Waals surface area contributed by atoms with Crippen molar-refractivity contribution in [2.75, 3.05) is 7.05 Å². The van der Waals surface area contributed by atoms with Crippen molar-refractivity contribution in [2.24, 2.45) is 0 Å².